The lowest BCUT2D eigenvalue weighted by Gasteiger charge is -2.41. The highest BCUT2D eigenvalue weighted by Crippen LogP contribution is 2.44. The summed E-state index contributed by atoms with van der Waals surface area (Å²) in [5.74, 6) is 0.334. The summed E-state index contributed by atoms with van der Waals surface area (Å²) in [7, 11) is 0. The molecule has 0 bridgehead atoms. The normalized spacial score (nSPS) is 24.1. The van der Waals surface area contributed by atoms with Gasteiger partial charge in [-0.2, -0.15) is 0 Å². The van der Waals surface area contributed by atoms with Gasteiger partial charge in [0, 0.05) is 6.54 Å². The highest BCUT2D eigenvalue weighted by atomic mass is 19.1. The zero-order valence-corrected chi connectivity index (χ0v) is 12.3. The van der Waals surface area contributed by atoms with Crippen molar-refractivity contribution in [1.82, 2.24) is 10.6 Å². The molecule has 1 aromatic rings. The number of carbonyl (C=O) groups is 1. The van der Waals surface area contributed by atoms with Gasteiger partial charge in [-0.15, -0.1) is 0 Å². The Bertz CT molecular complexity index is 507. The molecule has 2 N–H and O–H groups in total. The smallest absolute Gasteiger partial charge is 0.230 e. The summed E-state index contributed by atoms with van der Waals surface area (Å²) >= 11 is 0. The highest BCUT2D eigenvalue weighted by Gasteiger charge is 2.45. The van der Waals surface area contributed by atoms with E-state index in [-0.39, 0.29) is 11.7 Å². The minimum Gasteiger partial charge on any atom is -0.355 e. The van der Waals surface area contributed by atoms with E-state index in [1.54, 1.807) is 6.07 Å². The number of piperidine rings is 1. The predicted molar refractivity (Wildman–Crippen MR) is 80.5 cm³/mol. The van der Waals surface area contributed by atoms with Crippen molar-refractivity contribution >= 4 is 5.91 Å². The Kier molecular flexibility index (Phi) is 4.24. The third-order valence-electron chi connectivity index (χ3n) is 4.97. The monoisotopic (exact) mass is 290 g/mol. The second-order valence-corrected chi connectivity index (χ2v) is 6.37. The van der Waals surface area contributed by atoms with E-state index >= 15 is 0 Å². The van der Waals surface area contributed by atoms with Crippen LogP contribution in [0.2, 0.25) is 0 Å². The molecule has 0 aromatic heterocycles. The van der Waals surface area contributed by atoms with Crippen LogP contribution in [-0.2, 0) is 10.2 Å². The number of amides is 1. The van der Waals surface area contributed by atoms with Gasteiger partial charge in [0.25, 0.3) is 0 Å². The zero-order valence-electron chi connectivity index (χ0n) is 12.3. The second kappa shape index (κ2) is 6.14. The minimum absolute atomic E-state index is 0.0740. The molecule has 21 heavy (non-hydrogen) atoms. The van der Waals surface area contributed by atoms with Gasteiger partial charge >= 0.3 is 0 Å². The Morgan fingerprint density at radius 2 is 2.24 bits per heavy atom. The van der Waals surface area contributed by atoms with E-state index < -0.39 is 5.41 Å². The maximum Gasteiger partial charge on any atom is 0.230 e. The van der Waals surface area contributed by atoms with Gasteiger partial charge in [-0.25, -0.2) is 4.39 Å². The molecule has 1 aliphatic carbocycles. The van der Waals surface area contributed by atoms with Crippen molar-refractivity contribution in [3.05, 3.63) is 35.6 Å². The van der Waals surface area contributed by atoms with Gasteiger partial charge < -0.3 is 10.6 Å². The third kappa shape index (κ3) is 2.95. The quantitative estimate of drug-likeness (QED) is 0.894. The van der Waals surface area contributed by atoms with Gasteiger partial charge in [0.1, 0.15) is 5.82 Å². The summed E-state index contributed by atoms with van der Waals surface area (Å²) in [5.41, 5.74) is 0.331. The van der Waals surface area contributed by atoms with Crippen molar-refractivity contribution < 1.29 is 9.18 Å². The third-order valence-corrected chi connectivity index (χ3v) is 4.97. The summed E-state index contributed by atoms with van der Waals surface area (Å²) in [6.45, 7) is 2.79. The van der Waals surface area contributed by atoms with Crippen LogP contribution in [0.25, 0.3) is 0 Å². The molecule has 2 fully saturated rings. The average Bonchev–Trinajstić information content (AvgIpc) is 2.45. The van der Waals surface area contributed by atoms with Crippen LogP contribution in [-0.4, -0.2) is 25.5 Å². The Hall–Kier alpha value is -1.42. The number of hydrogen-bond acceptors (Lipinski definition) is 2. The van der Waals surface area contributed by atoms with Crippen molar-refractivity contribution in [3.63, 3.8) is 0 Å². The van der Waals surface area contributed by atoms with E-state index in [1.807, 2.05) is 6.07 Å². The van der Waals surface area contributed by atoms with Gasteiger partial charge in [-0.1, -0.05) is 18.6 Å². The largest absolute Gasteiger partial charge is 0.355 e. The molecule has 0 spiro atoms. The molecule has 1 aliphatic heterocycles. The Labute approximate surface area is 125 Å². The van der Waals surface area contributed by atoms with Crippen molar-refractivity contribution in [1.29, 1.82) is 0 Å². The minimum atomic E-state index is -0.496. The van der Waals surface area contributed by atoms with E-state index in [1.165, 1.54) is 25.0 Å². The summed E-state index contributed by atoms with van der Waals surface area (Å²) in [5, 5.41) is 6.48. The fraction of sp³-hybridized carbons (Fsp3) is 0.588. The lowest BCUT2D eigenvalue weighted by Crippen LogP contribution is -2.51. The lowest BCUT2D eigenvalue weighted by molar-refractivity contribution is -0.130. The summed E-state index contributed by atoms with van der Waals surface area (Å²) in [6, 6.07) is 6.52. The molecule has 1 saturated heterocycles. The molecular weight excluding hydrogens is 267 g/mol. The van der Waals surface area contributed by atoms with Crippen LogP contribution in [0.15, 0.2) is 24.3 Å². The number of nitrogens with one attached hydrogen (secondary N) is 2. The van der Waals surface area contributed by atoms with Crippen molar-refractivity contribution in [2.24, 2.45) is 5.92 Å². The van der Waals surface area contributed by atoms with Crippen LogP contribution in [0.5, 0.6) is 0 Å². The lowest BCUT2D eigenvalue weighted by atomic mass is 9.63. The van der Waals surface area contributed by atoms with E-state index in [4.69, 9.17) is 0 Å². The average molecular weight is 290 g/mol. The van der Waals surface area contributed by atoms with E-state index in [0.29, 0.717) is 5.92 Å². The molecule has 0 unspecified atom stereocenters. The molecule has 3 rings (SSSR count). The van der Waals surface area contributed by atoms with Gasteiger partial charge in [-0.3, -0.25) is 4.79 Å². The van der Waals surface area contributed by atoms with E-state index in [9.17, 15) is 9.18 Å². The topological polar surface area (TPSA) is 41.1 Å². The fourth-order valence-corrected chi connectivity index (χ4v) is 3.47. The van der Waals surface area contributed by atoms with E-state index in [2.05, 4.69) is 10.6 Å². The van der Waals surface area contributed by atoms with Gasteiger partial charge in [0.05, 0.1) is 5.41 Å². The first-order chi connectivity index (χ1) is 10.2. The predicted octanol–water partition coefficient (Wildman–Crippen LogP) is 2.36. The molecule has 0 radical (unpaired) electrons. The molecule has 1 saturated carbocycles. The van der Waals surface area contributed by atoms with Crippen LogP contribution in [0.1, 0.15) is 37.7 Å². The summed E-state index contributed by atoms with van der Waals surface area (Å²) in [6.07, 6.45) is 5.03. The number of benzene rings is 1. The van der Waals surface area contributed by atoms with Crippen molar-refractivity contribution in [3.8, 4) is 0 Å². The molecular formula is C17H23FN2O. The molecule has 1 amide bonds. The molecule has 1 atom stereocenters. The Morgan fingerprint density at radius 3 is 2.86 bits per heavy atom. The summed E-state index contributed by atoms with van der Waals surface area (Å²) in [4.78, 5) is 12.6. The number of halogens is 1. The summed E-state index contributed by atoms with van der Waals surface area (Å²) < 4.78 is 13.5. The molecule has 1 heterocycles. The SMILES string of the molecule is O=C(NC[C@H]1CCCNC1)C1(c2cccc(F)c2)CCC1. The molecule has 114 valence electrons. The Morgan fingerprint density at radius 1 is 1.38 bits per heavy atom. The maximum absolute atomic E-state index is 13.5. The molecule has 4 heteroatoms. The first kappa shape index (κ1) is 14.5. The van der Waals surface area contributed by atoms with Gasteiger partial charge in [-0.05, 0) is 62.4 Å². The number of hydrogen-bond donors (Lipinski definition) is 2. The molecule has 1 aromatic carbocycles. The van der Waals surface area contributed by atoms with E-state index in [0.717, 1.165) is 44.5 Å². The highest BCUT2D eigenvalue weighted by molar-refractivity contribution is 5.89. The van der Waals surface area contributed by atoms with Crippen LogP contribution < -0.4 is 10.6 Å². The van der Waals surface area contributed by atoms with Gasteiger partial charge in [0.15, 0.2) is 0 Å². The van der Waals surface area contributed by atoms with Crippen LogP contribution in [0.3, 0.4) is 0 Å². The van der Waals surface area contributed by atoms with Crippen molar-refractivity contribution in [2.45, 2.75) is 37.5 Å². The van der Waals surface area contributed by atoms with Gasteiger partial charge in [0.2, 0.25) is 5.91 Å². The van der Waals surface area contributed by atoms with Crippen LogP contribution in [0, 0.1) is 11.7 Å². The van der Waals surface area contributed by atoms with Crippen LogP contribution >= 0.6 is 0 Å². The molecule has 3 nitrogen and oxygen atoms in total. The molecule has 2 aliphatic rings. The maximum atomic E-state index is 13.5. The Balaban J connectivity index is 1.66. The number of carbonyl (C=O) groups excluding carboxylic acids is 1. The number of rotatable bonds is 4. The second-order valence-electron chi connectivity index (χ2n) is 6.37. The zero-order chi connectivity index (χ0) is 14.7. The van der Waals surface area contributed by atoms with Crippen molar-refractivity contribution in [2.75, 3.05) is 19.6 Å². The standard InChI is InChI=1S/C17H23FN2O/c18-15-6-1-5-14(10-15)17(7-3-8-17)16(21)20-12-13-4-2-9-19-11-13/h1,5-6,10,13,19H,2-4,7-9,11-12H2,(H,20,21)/t13-/m0/s1. The first-order valence-corrected chi connectivity index (χ1v) is 7.96. The first-order valence-electron chi connectivity index (χ1n) is 7.96. The fourth-order valence-electron chi connectivity index (χ4n) is 3.47. The van der Waals surface area contributed by atoms with Crippen LogP contribution in [0.4, 0.5) is 4.39 Å².